The van der Waals surface area contributed by atoms with Crippen LogP contribution in [0.3, 0.4) is 0 Å². The van der Waals surface area contributed by atoms with Gasteiger partial charge in [0, 0.05) is 0 Å². The van der Waals surface area contributed by atoms with Crippen molar-refractivity contribution in [1.29, 1.82) is 0 Å². The average Bonchev–Trinajstić information content (AvgIpc) is 2.63. The quantitative estimate of drug-likeness (QED) is 0.504. The number of aliphatic hydroxyl groups excluding tert-OH is 2. The first-order valence-corrected chi connectivity index (χ1v) is 6.24. The Balaban J connectivity index is 2.26. The molecule has 6 atom stereocenters. The molecular weight excluding hydrogens is 289 g/mol. The highest BCUT2D eigenvalue weighted by atomic mass is 32.2. The summed E-state index contributed by atoms with van der Waals surface area (Å²) in [6.07, 6.45) is -10.5. The molecule has 0 bridgehead atoms. The molecule has 0 saturated carbocycles. The number of hydrogen-bond acceptors (Lipinski definition) is 7. The summed E-state index contributed by atoms with van der Waals surface area (Å²) < 4.78 is 43.3. The fourth-order valence-electron chi connectivity index (χ4n) is 2.00. The number of nitrogens with zero attached hydrogens (tertiary/aromatic N) is 1. The second-order valence-electron chi connectivity index (χ2n) is 4.63. The molecule has 10 heteroatoms. The lowest BCUT2D eigenvalue weighted by atomic mass is 9.87. The van der Waals surface area contributed by atoms with Crippen molar-refractivity contribution in [2.24, 2.45) is 10.7 Å². The number of thioether (sulfide) groups is 1. The molecule has 110 valence electrons. The third-order valence-corrected chi connectivity index (χ3v) is 4.18. The van der Waals surface area contributed by atoms with Crippen molar-refractivity contribution in [1.82, 2.24) is 0 Å². The van der Waals surface area contributed by atoms with Gasteiger partial charge in [0.05, 0.1) is 0 Å². The van der Waals surface area contributed by atoms with Crippen molar-refractivity contribution in [2.45, 2.75) is 48.5 Å². The van der Waals surface area contributed by atoms with Crippen LogP contribution >= 0.6 is 11.8 Å². The minimum Gasteiger partial charge on any atom is -0.388 e. The van der Waals surface area contributed by atoms with Gasteiger partial charge in [-0.3, -0.25) is 4.99 Å². The molecule has 0 unspecified atom stereocenters. The van der Waals surface area contributed by atoms with E-state index in [0.717, 1.165) is 11.8 Å². The second kappa shape index (κ2) is 4.48. The number of alkyl halides is 3. The number of fused-ring (bicyclic) bond motifs is 1. The molecular formula is C9H13F3N2O4S. The number of ether oxygens (including phenoxy) is 1. The SMILES string of the molecule is C[C@@](O)([C@H]1O[C@@H]2SC(N)=N[C@@H]2[C@@H](O)[C@@H]1O)C(F)(F)F. The molecule has 2 aliphatic rings. The van der Waals surface area contributed by atoms with Crippen molar-refractivity contribution in [2.75, 3.05) is 0 Å². The largest absolute Gasteiger partial charge is 0.419 e. The summed E-state index contributed by atoms with van der Waals surface area (Å²) >= 11 is 0.842. The second-order valence-corrected chi connectivity index (χ2v) is 5.75. The lowest BCUT2D eigenvalue weighted by Crippen LogP contribution is -2.66. The summed E-state index contributed by atoms with van der Waals surface area (Å²) in [5, 5.41) is 29.1. The molecule has 0 aromatic rings. The van der Waals surface area contributed by atoms with Crippen LogP contribution in [0.5, 0.6) is 0 Å². The van der Waals surface area contributed by atoms with E-state index >= 15 is 0 Å². The fraction of sp³-hybridized carbons (Fsp3) is 0.889. The number of hydrogen-bond donors (Lipinski definition) is 4. The standard InChI is InChI=1S/C9H13F3N2O4S/c1-8(17,9(10,11)12)5-4(16)3(15)2-6(18-5)19-7(13)14-2/h2-6,15-17H,1H3,(H2,13,14)/t2-,3-,4+,5+,6-,8-/m1/s1. The third-order valence-electron chi connectivity index (χ3n) is 3.21. The van der Waals surface area contributed by atoms with Gasteiger partial charge in [-0.05, 0) is 6.92 Å². The van der Waals surface area contributed by atoms with Crippen molar-refractivity contribution in [3.8, 4) is 0 Å². The fourth-order valence-corrected chi connectivity index (χ4v) is 2.96. The van der Waals surface area contributed by atoms with Crippen LogP contribution in [-0.4, -0.2) is 62.1 Å². The number of nitrogens with two attached hydrogens (primary N) is 1. The molecule has 2 aliphatic heterocycles. The zero-order valence-corrected chi connectivity index (χ0v) is 10.5. The Morgan fingerprint density at radius 3 is 2.42 bits per heavy atom. The van der Waals surface area contributed by atoms with Gasteiger partial charge in [-0.1, -0.05) is 11.8 Å². The Morgan fingerprint density at radius 1 is 1.32 bits per heavy atom. The van der Waals surface area contributed by atoms with Crippen LogP contribution in [0.2, 0.25) is 0 Å². The molecule has 0 aliphatic carbocycles. The van der Waals surface area contributed by atoms with Crippen LogP contribution in [0.4, 0.5) is 13.2 Å². The van der Waals surface area contributed by atoms with Crippen molar-refractivity contribution >= 4 is 16.9 Å². The Bertz CT molecular complexity index is 403. The Hall–Kier alpha value is -0.550. The normalized spacial score (nSPS) is 42.5. The van der Waals surface area contributed by atoms with Crippen molar-refractivity contribution in [3.05, 3.63) is 0 Å². The first-order valence-electron chi connectivity index (χ1n) is 5.36. The maximum atomic E-state index is 12.8. The zero-order valence-electron chi connectivity index (χ0n) is 9.70. The minimum atomic E-state index is -5.01. The van der Waals surface area contributed by atoms with Crippen LogP contribution in [-0.2, 0) is 4.74 Å². The van der Waals surface area contributed by atoms with Crippen molar-refractivity contribution < 1.29 is 33.2 Å². The summed E-state index contributed by atoms with van der Waals surface area (Å²) in [6.45, 7) is 0.484. The van der Waals surface area contributed by atoms with Crippen LogP contribution in [0.25, 0.3) is 0 Å². The van der Waals surface area contributed by atoms with E-state index in [0.29, 0.717) is 6.92 Å². The number of amidine groups is 1. The first-order chi connectivity index (χ1) is 8.55. The smallest absolute Gasteiger partial charge is 0.388 e. The molecule has 0 aromatic heterocycles. The number of halogens is 3. The highest BCUT2D eigenvalue weighted by Crippen LogP contribution is 2.42. The zero-order chi connectivity index (χ0) is 14.6. The number of aliphatic imine (C=N–C) groups is 1. The number of aliphatic hydroxyl groups is 3. The summed E-state index contributed by atoms with van der Waals surface area (Å²) in [6, 6.07) is -0.944. The Morgan fingerprint density at radius 2 is 1.89 bits per heavy atom. The summed E-state index contributed by atoms with van der Waals surface area (Å²) in [4.78, 5) is 3.78. The van der Waals surface area contributed by atoms with Crippen LogP contribution in [0.1, 0.15) is 6.92 Å². The Kier molecular flexibility index (Phi) is 3.51. The van der Waals surface area contributed by atoms with Gasteiger partial charge in [-0.2, -0.15) is 13.2 Å². The molecule has 1 fully saturated rings. The molecule has 2 rings (SSSR count). The third kappa shape index (κ3) is 2.31. The van der Waals surface area contributed by atoms with E-state index in [4.69, 9.17) is 10.5 Å². The first kappa shape index (κ1) is 14.9. The van der Waals surface area contributed by atoms with Crippen LogP contribution in [0, 0.1) is 0 Å². The molecule has 6 nitrogen and oxygen atoms in total. The van der Waals surface area contributed by atoms with Crippen LogP contribution in [0.15, 0.2) is 4.99 Å². The minimum absolute atomic E-state index is 0.0496. The van der Waals surface area contributed by atoms with E-state index in [1.165, 1.54) is 0 Å². The van der Waals surface area contributed by atoms with E-state index in [-0.39, 0.29) is 5.17 Å². The molecule has 5 N–H and O–H groups in total. The average molecular weight is 302 g/mol. The lowest BCUT2D eigenvalue weighted by molar-refractivity contribution is -0.317. The highest BCUT2D eigenvalue weighted by Gasteiger charge is 2.62. The molecule has 0 amide bonds. The van der Waals surface area contributed by atoms with E-state index in [1.807, 2.05) is 0 Å². The van der Waals surface area contributed by atoms with E-state index in [9.17, 15) is 28.5 Å². The van der Waals surface area contributed by atoms with Gasteiger partial charge < -0.3 is 25.8 Å². The molecule has 19 heavy (non-hydrogen) atoms. The summed E-state index contributed by atoms with van der Waals surface area (Å²) in [5.74, 6) is 0. The van der Waals surface area contributed by atoms with E-state index < -0.39 is 41.6 Å². The van der Waals surface area contributed by atoms with Crippen LogP contribution < -0.4 is 5.73 Å². The predicted molar refractivity (Wildman–Crippen MR) is 60.4 cm³/mol. The molecule has 0 radical (unpaired) electrons. The Labute approximate surface area is 110 Å². The van der Waals surface area contributed by atoms with Gasteiger partial charge in [-0.25, -0.2) is 0 Å². The topological polar surface area (TPSA) is 108 Å². The lowest BCUT2D eigenvalue weighted by Gasteiger charge is -2.44. The monoisotopic (exact) mass is 302 g/mol. The van der Waals surface area contributed by atoms with E-state index in [2.05, 4.69) is 4.99 Å². The summed E-state index contributed by atoms with van der Waals surface area (Å²) in [5.41, 5.74) is 1.14. The van der Waals surface area contributed by atoms with Gasteiger partial charge in [-0.15, -0.1) is 0 Å². The highest BCUT2D eigenvalue weighted by molar-refractivity contribution is 8.14. The molecule has 0 aromatic carbocycles. The van der Waals surface area contributed by atoms with Gasteiger partial charge in [0.25, 0.3) is 0 Å². The predicted octanol–water partition coefficient (Wildman–Crippen LogP) is -0.824. The van der Waals surface area contributed by atoms with E-state index in [1.54, 1.807) is 0 Å². The van der Waals surface area contributed by atoms with Crippen molar-refractivity contribution in [3.63, 3.8) is 0 Å². The summed E-state index contributed by atoms with van der Waals surface area (Å²) in [7, 11) is 0. The molecule has 0 spiro atoms. The maximum Gasteiger partial charge on any atom is 0.419 e. The molecule has 2 heterocycles. The molecule has 1 saturated heterocycles. The maximum absolute atomic E-state index is 12.8. The van der Waals surface area contributed by atoms with Gasteiger partial charge in [0.2, 0.25) is 0 Å². The van der Waals surface area contributed by atoms with Gasteiger partial charge in [0.1, 0.15) is 29.8 Å². The van der Waals surface area contributed by atoms with Gasteiger partial charge in [0.15, 0.2) is 10.8 Å². The number of rotatable bonds is 1. The van der Waals surface area contributed by atoms with Gasteiger partial charge >= 0.3 is 6.18 Å².